The molecule has 9 nitrogen and oxygen atoms in total. The van der Waals surface area contributed by atoms with Gasteiger partial charge in [-0.25, -0.2) is 9.50 Å². The summed E-state index contributed by atoms with van der Waals surface area (Å²) in [5, 5.41) is 16.3. The fourth-order valence-electron chi connectivity index (χ4n) is 3.32. The van der Waals surface area contributed by atoms with E-state index in [1.165, 1.54) is 6.20 Å². The maximum atomic E-state index is 12.6. The highest BCUT2D eigenvalue weighted by Crippen LogP contribution is 2.30. The average Bonchev–Trinajstić information content (AvgIpc) is 3.17. The highest BCUT2D eigenvalue weighted by atomic mass is 16.5. The summed E-state index contributed by atoms with van der Waals surface area (Å²) in [6, 6.07) is 7.33. The van der Waals surface area contributed by atoms with Gasteiger partial charge in [-0.15, -0.1) is 0 Å². The summed E-state index contributed by atoms with van der Waals surface area (Å²) >= 11 is 0. The standard InChI is InChI=1S/C22H25N5O4/c1-14-18(15(2)27-22(25-14)16(12-23)13-24-27)6-8-21(28)26-17-5-7-19(30-4)20(11-17)31-10-9-29-3/h5,7,11,13H,6,8-10H2,1-4H3,(H,26,28). The zero-order chi connectivity index (χ0) is 22.4. The summed E-state index contributed by atoms with van der Waals surface area (Å²) in [7, 11) is 3.16. The molecule has 0 aliphatic carbocycles. The van der Waals surface area contributed by atoms with Gasteiger partial charge in [0.15, 0.2) is 17.1 Å². The molecule has 2 aromatic heterocycles. The van der Waals surface area contributed by atoms with Crippen molar-refractivity contribution in [1.82, 2.24) is 14.6 Å². The van der Waals surface area contributed by atoms with Gasteiger partial charge in [-0.3, -0.25) is 4.79 Å². The third-order valence-electron chi connectivity index (χ3n) is 4.92. The van der Waals surface area contributed by atoms with Gasteiger partial charge in [0.25, 0.3) is 0 Å². The van der Waals surface area contributed by atoms with Crippen molar-refractivity contribution >= 4 is 17.2 Å². The number of rotatable bonds is 9. The summed E-state index contributed by atoms with van der Waals surface area (Å²) in [4.78, 5) is 17.1. The molecule has 31 heavy (non-hydrogen) atoms. The average molecular weight is 423 g/mol. The molecule has 0 atom stereocenters. The van der Waals surface area contributed by atoms with Crippen LogP contribution in [0.4, 0.5) is 5.69 Å². The summed E-state index contributed by atoms with van der Waals surface area (Å²) in [6.45, 7) is 4.61. The van der Waals surface area contributed by atoms with E-state index < -0.39 is 0 Å². The predicted molar refractivity (Wildman–Crippen MR) is 114 cm³/mol. The Kier molecular flexibility index (Phi) is 7.05. The molecule has 1 aromatic carbocycles. The molecule has 0 fully saturated rings. The van der Waals surface area contributed by atoms with Crippen LogP contribution in [-0.2, 0) is 16.0 Å². The Morgan fingerprint density at radius 3 is 2.74 bits per heavy atom. The lowest BCUT2D eigenvalue weighted by Crippen LogP contribution is -2.14. The fourth-order valence-corrected chi connectivity index (χ4v) is 3.32. The number of nitrogens with one attached hydrogen (secondary N) is 1. The van der Waals surface area contributed by atoms with E-state index in [1.54, 1.807) is 36.9 Å². The molecule has 3 rings (SSSR count). The largest absolute Gasteiger partial charge is 0.493 e. The minimum Gasteiger partial charge on any atom is -0.493 e. The Balaban J connectivity index is 1.69. The number of ether oxygens (including phenoxy) is 3. The molecule has 9 heteroatoms. The zero-order valence-electron chi connectivity index (χ0n) is 18.1. The summed E-state index contributed by atoms with van der Waals surface area (Å²) in [6.07, 6.45) is 2.27. The number of aromatic nitrogens is 3. The molecule has 0 spiro atoms. The van der Waals surface area contributed by atoms with Crippen LogP contribution in [0.15, 0.2) is 24.4 Å². The molecule has 162 valence electrons. The number of hydrogen-bond acceptors (Lipinski definition) is 7. The van der Waals surface area contributed by atoms with Crippen molar-refractivity contribution in [3.63, 3.8) is 0 Å². The lowest BCUT2D eigenvalue weighted by molar-refractivity contribution is -0.116. The second-order valence-corrected chi connectivity index (χ2v) is 6.92. The molecule has 0 unspecified atom stereocenters. The second kappa shape index (κ2) is 9.91. The van der Waals surface area contributed by atoms with Crippen molar-refractivity contribution in [3.05, 3.63) is 46.9 Å². The first-order valence-corrected chi connectivity index (χ1v) is 9.82. The van der Waals surface area contributed by atoms with Crippen molar-refractivity contribution in [3.8, 4) is 17.6 Å². The summed E-state index contributed by atoms with van der Waals surface area (Å²) in [5.74, 6) is 0.978. The van der Waals surface area contributed by atoms with Gasteiger partial charge in [-0.1, -0.05) is 0 Å². The van der Waals surface area contributed by atoms with Crippen molar-refractivity contribution < 1.29 is 19.0 Å². The van der Waals surface area contributed by atoms with Crippen LogP contribution in [0.1, 0.15) is 28.9 Å². The molecule has 0 aliphatic rings. The third-order valence-corrected chi connectivity index (χ3v) is 4.92. The number of anilines is 1. The Morgan fingerprint density at radius 1 is 1.23 bits per heavy atom. The van der Waals surface area contributed by atoms with Crippen LogP contribution in [0, 0.1) is 25.2 Å². The number of aryl methyl sites for hydroxylation is 2. The zero-order valence-corrected chi connectivity index (χ0v) is 18.1. The van der Waals surface area contributed by atoms with E-state index in [9.17, 15) is 10.1 Å². The first-order chi connectivity index (χ1) is 15.0. The highest BCUT2D eigenvalue weighted by Gasteiger charge is 2.15. The molecular weight excluding hydrogens is 398 g/mol. The number of nitriles is 1. The summed E-state index contributed by atoms with van der Waals surface area (Å²) < 4.78 is 17.6. The van der Waals surface area contributed by atoms with Crippen LogP contribution in [0.5, 0.6) is 11.5 Å². The molecule has 0 radical (unpaired) electrons. The quantitative estimate of drug-likeness (QED) is 0.527. The second-order valence-electron chi connectivity index (χ2n) is 6.92. The molecular formula is C22H25N5O4. The lowest BCUT2D eigenvalue weighted by Gasteiger charge is -2.13. The minimum absolute atomic E-state index is 0.134. The fraction of sp³-hybridized carbons (Fsp3) is 0.364. The molecule has 1 amide bonds. The van der Waals surface area contributed by atoms with Crippen LogP contribution in [-0.4, -0.2) is 47.9 Å². The monoisotopic (exact) mass is 423 g/mol. The maximum absolute atomic E-state index is 12.6. The topological polar surface area (TPSA) is 111 Å². The molecule has 0 saturated heterocycles. The smallest absolute Gasteiger partial charge is 0.224 e. The van der Waals surface area contributed by atoms with Gasteiger partial charge in [0, 0.05) is 36.7 Å². The normalized spacial score (nSPS) is 10.7. The van der Waals surface area contributed by atoms with E-state index in [0.29, 0.717) is 48.0 Å². The molecule has 3 aromatic rings. The summed E-state index contributed by atoms with van der Waals surface area (Å²) in [5.41, 5.74) is 4.17. The SMILES string of the molecule is COCCOc1cc(NC(=O)CCc2c(C)nc3c(C#N)cnn3c2C)ccc1OC. The van der Waals surface area contributed by atoms with Crippen molar-refractivity contribution in [2.45, 2.75) is 26.7 Å². The van der Waals surface area contributed by atoms with Gasteiger partial charge in [0.2, 0.25) is 5.91 Å². The van der Waals surface area contributed by atoms with Gasteiger partial charge < -0.3 is 19.5 Å². The van der Waals surface area contributed by atoms with Gasteiger partial charge in [-0.05, 0) is 38.0 Å². The Labute approximate surface area is 180 Å². The van der Waals surface area contributed by atoms with Crippen molar-refractivity contribution in [2.24, 2.45) is 0 Å². The third kappa shape index (κ3) is 4.92. The van der Waals surface area contributed by atoms with Gasteiger partial charge in [0.05, 0.1) is 19.9 Å². The van der Waals surface area contributed by atoms with E-state index >= 15 is 0 Å². The minimum atomic E-state index is -0.134. The van der Waals surface area contributed by atoms with Gasteiger partial charge in [-0.2, -0.15) is 10.4 Å². The highest BCUT2D eigenvalue weighted by molar-refractivity contribution is 5.91. The van der Waals surface area contributed by atoms with Crippen molar-refractivity contribution in [1.29, 1.82) is 5.26 Å². The van der Waals surface area contributed by atoms with E-state index in [1.807, 2.05) is 13.8 Å². The van der Waals surface area contributed by atoms with Crippen molar-refractivity contribution in [2.75, 3.05) is 32.8 Å². The Bertz CT molecular complexity index is 1130. The Morgan fingerprint density at radius 2 is 2.03 bits per heavy atom. The first-order valence-electron chi connectivity index (χ1n) is 9.82. The number of amides is 1. The molecule has 0 bridgehead atoms. The number of methoxy groups -OCH3 is 2. The number of nitrogens with zero attached hydrogens (tertiary/aromatic N) is 4. The maximum Gasteiger partial charge on any atom is 0.224 e. The lowest BCUT2D eigenvalue weighted by atomic mass is 10.1. The van der Waals surface area contributed by atoms with Crippen LogP contribution in [0.3, 0.4) is 0 Å². The van der Waals surface area contributed by atoms with E-state index in [4.69, 9.17) is 14.2 Å². The van der Waals surface area contributed by atoms with E-state index in [2.05, 4.69) is 21.5 Å². The molecule has 2 heterocycles. The molecule has 0 aliphatic heterocycles. The van der Waals surface area contributed by atoms with E-state index in [0.717, 1.165) is 17.0 Å². The Hall–Kier alpha value is -3.64. The van der Waals surface area contributed by atoms with Crippen LogP contribution < -0.4 is 14.8 Å². The molecule has 0 saturated carbocycles. The number of fused-ring (bicyclic) bond motifs is 1. The van der Waals surface area contributed by atoms with Crippen LogP contribution >= 0.6 is 0 Å². The number of carbonyl (C=O) groups is 1. The van der Waals surface area contributed by atoms with Gasteiger partial charge >= 0.3 is 0 Å². The molecule has 1 N–H and O–H groups in total. The number of benzene rings is 1. The predicted octanol–water partition coefficient (Wildman–Crippen LogP) is 2.82. The van der Waals surface area contributed by atoms with Crippen LogP contribution in [0.2, 0.25) is 0 Å². The van der Waals surface area contributed by atoms with E-state index in [-0.39, 0.29) is 12.3 Å². The number of hydrogen-bond donors (Lipinski definition) is 1. The van der Waals surface area contributed by atoms with Gasteiger partial charge in [0.1, 0.15) is 18.2 Å². The first kappa shape index (κ1) is 22.1. The number of carbonyl (C=O) groups excluding carboxylic acids is 1. The van der Waals surface area contributed by atoms with Crippen LogP contribution in [0.25, 0.3) is 5.65 Å².